The van der Waals surface area contributed by atoms with Crippen LogP contribution in [0.4, 0.5) is 0 Å². The Morgan fingerprint density at radius 1 is 0.318 bits per heavy atom. The van der Waals surface area contributed by atoms with Crippen LogP contribution in [0.25, 0.3) is 0 Å². The van der Waals surface area contributed by atoms with E-state index in [1.165, 1.54) is 70.6 Å². The lowest BCUT2D eigenvalue weighted by Gasteiger charge is -2.18. The maximum absolute atomic E-state index is 12.8. The zero-order valence-corrected chi connectivity index (χ0v) is 42.1. The molecule has 0 aromatic heterocycles. The van der Waals surface area contributed by atoms with E-state index in [0.717, 1.165) is 96.3 Å². The van der Waals surface area contributed by atoms with Crippen molar-refractivity contribution in [3.05, 3.63) is 134 Å². The van der Waals surface area contributed by atoms with Gasteiger partial charge in [0.25, 0.3) is 0 Å². The predicted octanol–water partition coefficient (Wildman–Crippen LogP) is 17.5. The van der Waals surface area contributed by atoms with Gasteiger partial charge in [-0.1, -0.05) is 257 Å². The summed E-state index contributed by atoms with van der Waals surface area (Å²) in [6, 6.07) is 0. The first-order chi connectivity index (χ1) is 32.5. The summed E-state index contributed by atoms with van der Waals surface area (Å²) in [7, 11) is 0. The summed E-state index contributed by atoms with van der Waals surface area (Å²) in [5.41, 5.74) is 0. The molecule has 0 aromatic rings. The van der Waals surface area contributed by atoms with Gasteiger partial charge in [-0.15, -0.1) is 0 Å². The highest BCUT2D eigenvalue weighted by Crippen LogP contribution is 2.14. The van der Waals surface area contributed by atoms with Crippen molar-refractivity contribution in [3.8, 4) is 0 Å². The molecule has 1 atom stereocenters. The maximum atomic E-state index is 12.8. The van der Waals surface area contributed by atoms with E-state index >= 15 is 0 Å². The number of unbranched alkanes of at least 4 members (excludes halogenated alkanes) is 21. The summed E-state index contributed by atoms with van der Waals surface area (Å²) in [5.74, 6) is -0.984. The minimum absolute atomic E-state index is 0.106. The van der Waals surface area contributed by atoms with Crippen LogP contribution in [0, 0.1) is 0 Å². The van der Waals surface area contributed by atoms with Crippen molar-refractivity contribution in [2.75, 3.05) is 13.2 Å². The number of carbonyl (C=O) groups is 3. The highest BCUT2D eigenvalue weighted by atomic mass is 16.6. The van der Waals surface area contributed by atoms with E-state index in [4.69, 9.17) is 14.2 Å². The SMILES string of the molecule is CC\C=C/C=C\C=C/C=C\C=C\C=C/C=C\CCCCCC(=O)OCC(COC(=O)CCCCCCCCCCCCC)OC(=O)CCCCCCC\C=C/C=C\C=C/C=C\CCCCC. The maximum Gasteiger partial charge on any atom is 0.306 e. The molecule has 0 saturated carbocycles. The lowest BCUT2D eigenvalue weighted by Crippen LogP contribution is -2.30. The molecule has 0 aliphatic rings. The van der Waals surface area contributed by atoms with Crippen LogP contribution in [0.1, 0.15) is 207 Å². The topological polar surface area (TPSA) is 78.9 Å². The monoisotopic (exact) mass is 911 g/mol. The molecule has 0 bridgehead atoms. The van der Waals surface area contributed by atoms with Crippen LogP contribution in [0.15, 0.2) is 134 Å². The summed E-state index contributed by atoms with van der Waals surface area (Å²) >= 11 is 0. The molecule has 0 spiro atoms. The minimum Gasteiger partial charge on any atom is -0.462 e. The molecule has 0 amide bonds. The fourth-order valence-electron chi connectivity index (χ4n) is 6.73. The second-order valence-electron chi connectivity index (χ2n) is 17.0. The molecule has 0 radical (unpaired) electrons. The molecule has 0 rings (SSSR count). The van der Waals surface area contributed by atoms with Crippen molar-refractivity contribution in [1.29, 1.82) is 0 Å². The molecule has 370 valence electrons. The Bertz CT molecular complexity index is 1460. The first-order valence-electron chi connectivity index (χ1n) is 26.3. The molecular formula is C60H94O6. The molecule has 0 aliphatic carbocycles. The molecule has 6 heteroatoms. The fraction of sp³-hybridized carbons (Fsp3) is 0.583. The van der Waals surface area contributed by atoms with Crippen molar-refractivity contribution in [1.82, 2.24) is 0 Å². The molecule has 0 aromatic carbocycles. The molecule has 6 nitrogen and oxygen atoms in total. The Kier molecular flexibility index (Phi) is 49.6. The van der Waals surface area contributed by atoms with Crippen LogP contribution in [0.5, 0.6) is 0 Å². The third-order valence-electron chi connectivity index (χ3n) is 10.7. The van der Waals surface area contributed by atoms with Gasteiger partial charge >= 0.3 is 17.9 Å². The summed E-state index contributed by atoms with van der Waals surface area (Å²) in [4.78, 5) is 38.0. The average Bonchev–Trinajstić information content (AvgIpc) is 3.31. The zero-order chi connectivity index (χ0) is 47.9. The first-order valence-corrected chi connectivity index (χ1v) is 26.3. The van der Waals surface area contributed by atoms with Crippen molar-refractivity contribution in [3.63, 3.8) is 0 Å². The molecule has 0 saturated heterocycles. The van der Waals surface area contributed by atoms with E-state index in [1.54, 1.807) is 0 Å². The number of hydrogen-bond donors (Lipinski definition) is 0. The van der Waals surface area contributed by atoms with Gasteiger partial charge in [-0.3, -0.25) is 14.4 Å². The summed E-state index contributed by atoms with van der Waals surface area (Å²) in [6.45, 7) is 6.37. The van der Waals surface area contributed by atoms with E-state index in [0.29, 0.717) is 12.8 Å². The lowest BCUT2D eigenvalue weighted by molar-refractivity contribution is -0.167. The van der Waals surface area contributed by atoms with Gasteiger partial charge < -0.3 is 14.2 Å². The van der Waals surface area contributed by atoms with E-state index in [2.05, 4.69) is 81.5 Å². The van der Waals surface area contributed by atoms with Crippen molar-refractivity contribution >= 4 is 17.9 Å². The van der Waals surface area contributed by atoms with Gasteiger partial charge in [-0.2, -0.15) is 0 Å². The number of carbonyl (C=O) groups excluding carboxylic acids is 3. The minimum atomic E-state index is -0.813. The average molecular weight is 911 g/mol. The lowest BCUT2D eigenvalue weighted by atomic mass is 10.1. The Hall–Kier alpha value is -4.45. The smallest absolute Gasteiger partial charge is 0.306 e. The Labute approximate surface area is 405 Å². The van der Waals surface area contributed by atoms with E-state index in [1.807, 2.05) is 72.9 Å². The van der Waals surface area contributed by atoms with Gasteiger partial charge in [0.2, 0.25) is 0 Å². The van der Waals surface area contributed by atoms with Gasteiger partial charge in [-0.25, -0.2) is 0 Å². The Morgan fingerprint density at radius 2 is 0.591 bits per heavy atom. The number of allylic oxidation sites excluding steroid dienone is 22. The second-order valence-corrected chi connectivity index (χ2v) is 17.0. The highest BCUT2D eigenvalue weighted by Gasteiger charge is 2.19. The third kappa shape index (κ3) is 50.5. The normalized spacial score (nSPS) is 13.2. The van der Waals surface area contributed by atoms with E-state index < -0.39 is 6.10 Å². The van der Waals surface area contributed by atoms with Gasteiger partial charge in [0, 0.05) is 19.3 Å². The Balaban J connectivity index is 4.55. The molecule has 1 unspecified atom stereocenters. The molecular weight excluding hydrogens is 817 g/mol. The van der Waals surface area contributed by atoms with Crippen LogP contribution in [-0.2, 0) is 28.6 Å². The fourth-order valence-corrected chi connectivity index (χ4v) is 6.73. The van der Waals surface area contributed by atoms with Crippen LogP contribution < -0.4 is 0 Å². The van der Waals surface area contributed by atoms with E-state index in [-0.39, 0.29) is 37.5 Å². The van der Waals surface area contributed by atoms with Gasteiger partial charge in [0.15, 0.2) is 6.10 Å². The van der Waals surface area contributed by atoms with Crippen LogP contribution in [0.2, 0.25) is 0 Å². The van der Waals surface area contributed by atoms with E-state index in [9.17, 15) is 14.4 Å². The molecule has 0 N–H and O–H groups in total. The third-order valence-corrected chi connectivity index (χ3v) is 10.7. The van der Waals surface area contributed by atoms with Crippen molar-refractivity contribution in [2.24, 2.45) is 0 Å². The van der Waals surface area contributed by atoms with Crippen molar-refractivity contribution in [2.45, 2.75) is 213 Å². The van der Waals surface area contributed by atoms with Crippen LogP contribution in [-0.4, -0.2) is 37.2 Å². The number of esters is 3. The van der Waals surface area contributed by atoms with Crippen LogP contribution in [0.3, 0.4) is 0 Å². The Morgan fingerprint density at radius 3 is 0.970 bits per heavy atom. The highest BCUT2D eigenvalue weighted by molar-refractivity contribution is 5.71. The number of rotatable bonds is 45. The predicted molar refractivity (Wildman–Crippen MR) is 283 cm³/mol. The number of hydrogen-bond acceptors (Lipinski definition) is 6. The largest absolute Gasteiger partial charge is 0.462 e. The second kappa shape index (κ2) is 53.2. The number of ether oxygens (including phenoxy) is 3. The zero-order valence-electron chi connectivity index (χ0n) is 42.1. The van der Waals surface area contributed by atoms with Crippen LogP contribution >= 0.6 is 0 Å². The van der Waals surface area contributed by atoms with Gasteiger partial charge in [0.1, 0.15) is 13.2 Å². The van der Waals surface area contributed by atoms with Gasteiger partial charge in [0.05, 0.1) is 0 Å². The quantitative estimate of drug-likeness (QED) is 0.0262. The molecule has 0 fully saturated rings. The first kappa shape index (κ1) is 61.5. The summed E-state index contributed by atoms with van der Waals surface area (Å²) in [5, 5.41) is 0. The molecule has 0 aliphatic heterocycles. The summed E-state index contributed by atoms with van der Waals surface area (Å²) in [6.07, 6.45) is 74.2. The molecule has 0 heterocycles. The van der Waals surface area contributed by atoms with Gasteiger partial charge in [-0.05, 0) is 64.2 Å². The molecule has 66 heavy (non-hydrogen) atoms. The standard InChI is InChI=1S/C60H94O6/c1-4-7-10-13-16-19-22-24-26-28-30-32-33-35-38-41-44-47-50-53-59(62)65-56-57(55-64-58(61)52-49-46-43-40-37-21-18-15-12-9-6-3)66-60(63)54-51-48-45-42-39-36-34-31-29-27-25-23-20-17-14-11-8-5-2/h7,10,13,16-17,19-20,22-35,38,57H,4-6,8-9,11-12,14-15,18,21,36-37,39-56H2,1-3H3/b10-7-,16-13-,20-17-,22-19-,25-23-,26-24-,29-27-,30-28+,33-32-,34-31-,38-35-. The summed E-state index contributed by atoms with van der Waals surface area (Å²) < 4.78 is 16.7. The van der Waals surface area contributed by atoms with Crippen molar-refractivity contribution < 1.29 is 28.6 Å².